The molecule has 3 aromatic rings. The van der Waals surface area contributed by atoms with Gasteiger partial charge in [-0.05, 0) is 35.4 Å². The molecule has 0 bridgehead atoms. The Bertz CT molecular complexity index is 1270. The van der Waals surface area contributed by atoms with Gasteiger partial charge in [0.2, 0.25) is 0 Å². The van der Waals surface area contributed by atoms with Crippen molar-refractivity contribution in [2.45, 2.75) is 5.41 Å². The Kier molecular flexibility index (Phi) is 6.65. The third-order valence-corrected chi connectivity index (χ3v) is 6.20. The molecule has 0 saturated heterocycles. The largest absolute Gasteiger partial charge is 0.496 e. The molecule has 0 N–H and O–H groups in total. The Morgan fingerprint density at radius 1 is 0.583 bits per heavy atom. The molecule has 1 aliphatic heterocycles. The van der Waals surface area contributed by atoms with E-state index in [-0.39, 0.29) is 17.1 Å². The fourth-order valence-electron chi connectivity index (χ4n) is 4.41. The lowest BCUT2D eigenvalue weighted by Gasteiger charge is -2.36. The lowest BCUT2D eigenvalue weighted by Crippen LogP contribution is -2.50. The minimum Gasteiger partial charge on any atom is -0.496 e. The zero-order valence-corrected chi connectivity index (χ0v) is 20.8. The smallest absolute Gasteiger partial charge is 0.334 e. The lowest BCUT2D eigenvalue weighted by molar-refractivity contribution is -0.138. The second-order valence-electron chi connectivity index (χ2n) is 7.81. The molecular formula is C27H26O9. The first kappa shape index (κ1) is 24.7. The van der Waals surface area contributed by atoms with Gasteiger partial charge in [-0.25, -0.2) is 4.79 Å². The molecular weight excluding hydrogens is 468 g/mol. The van der Waals surface area contributed by atoms with E-state index in [1.54, 1.807) is 42.5 Å². The minimum atomic E-state index is -1.92. The van der Waals surface area contributed by atoms with Crippen LogP contribution in [0.4, 0.5) is 0 Å². The highest BCUT2D eigenvalue weighted by molar-refractivity contribution is 6.25. The molecule has 0 atom stereocenters. The van der Waals surface area contributed by atoms with Gasteiger partial charge in [0.05, 0.1) is 42.7 Å². The number of rotatable bonds is 8. The van der Waals surface area contributed by atoms with Crippen LogP contribution in [0.3, 0.4) is 0 Å². The van der Waals surface area contributed by atoms with Gasteiger partial charge in [0.1, 0.15) is 22.8 Å². The quantitative estimate of drug-likeness (QED) is 0.263. The molecule has 0 radical (unpaired) electrons. The predicted octanol–water partition coefficient (Wildman–Crippen LogP) is 3.83. The number of esters is 1. The van der Waals surface area contributed by atoms with E-state index < -0.39 is 17.2 Å². The molecule has 0 unspecified atom stereocenters. The molecule has 3 aromatic carbocycles. The maximum atomic E-state index is 14.5. The Morgan fingerprint density at radius 3 is 1.53 bits per heavy atom. The highest BCUT2D eigenvalue weighted by Gasteiger charge is 2.56. The summed E-state index contributed by atoms with van der Waals surface area (Å²) in [6, 6.07) is 12.7. The van der Waals surface area contributed by atoms with E-state index in [2.05, 4.69) is 0 Å². The molecule has 0 saturated carbocycles. The van der Waals surface area contributed by atoms with Crippen molar-refractivity contribution in [3.8, 4) is 40.2 Å². The van der Waals surface area contributed by atoms with Crippen molar-refractivity contribution in [1.29, 1.82) is 0 Å². The summed E-state index contributed by atoms with van der Waals surface area (Å²) in [7, 11) is 8.82. The van der Waals surface area contributed by atoms with Crippen molar-refractivity contribution in [2.75, 3.05) is 42.7 Å². The van der Waals surface area contributed by atoms with Crippen LogP contribution >= 0.6 is 0 Å². The fraction of sp³-hybridized carbons (Fsp3) is 0.259. The van der Waals surface area contributed by atoms with Crippen LogP contribution in [0.5, 0.6) is 40.2 Å². The summed E-state index contributed by atoms with van der Waals surface area (Å²) in [4.78, 5) is 28.4. The first-order valence-electron chi connectivity index (χ1n) is 10.9. The maximum absolute atomic E-state index is 14.5. The number of benzene rings is 3. The summed E-state index contributed by atoms with van der Waals surface area (Å²) in [6.07, 6.45) is 0. The average Bonchev–Trinajstić information content (AvgIpc) is 2.91. The van der Waals surface area contributed by atoms with Crippen LogP contribution in [-0.2, 0) is 10.2 Å². The van der Waals surface area contributed by atoms with E-state index in [1.165, 1.54) is 48.7 Å². The second-order valence-corrected chi connectivity index (χ2v) is 7.81. The zero-order chi connectivity index (χ0) is 26.0. The van der Waals surface area contributed by atoms with Crippen LogP contribution in [-0.4, -0.2) is 54.4 Å². The molecule has 0 spiro atoms. The average molecular weight is 494 g/mol. The molecule has 0 aromatic heterocycles. The fourth-order valence-corrected chi connectivity index (χ4v) is 4.41. The van der Waals surface area contributed by atoms with Crippen molar-refractivity contribution in [3.05, 3.63) is 65.2 Å². The number of fused-ring (bicyclic) bond motifs is 1. The highest BCUT2D eigenvalue weighted by Crippen LogP contribution is 2.49. The van der Waals surface area contributed by atoms with Crippen molar-refractivity contribution < 1.29 is 42.7 Å². The van der Waals surface area contributed by atoms with Crippen LogP contribution in [0, 0.1) is 0 Å². The third-order valence-electron chi connectivity index (χ3n) is 6.20. The van der Waals surface area contributed by atoms with E-state index in [0.717, 1.165) is 0 Å². The number of methoxy groups -OCH3 is 6. The molecule has 0 fully saturated rings. The summed E-state index contributed by atoms with van der Waals surface area (Å²) in [5.41, 5.74) is -1.20. The Morgan fingerprint density at radius 2 is 1.08 bits per heavy atom. The molecule has 0 amide bonds. The second kappa shape index (κ2) is 9.69. The van der Waals surface area contributed by atoms with Gasteiger partial charge in [-0.2, -0.15) is 0 Å². The number of hydrogen-bond donors (Lipinski definition) is 0. The van der Waals surface area contributed by atoms with Crippen molar-refractivity contribution in [2.24, 2.45) is 0 Å². The molecule has 188 valence electrons. The van der Waals surface area contributed by atoms with E-state index in [9.17, 15) is 9.59 Å². The maximum Gasteiger partial charge on any atom is 0.334 e. The highest BCUT2D eigenvalue weighted by atomic mass is 16.5. The van der Waals surface area contributed by atoms with Crippen molar-refractivity contribution in [3.63, 3.8) is 0 Å². The predicted molar refractivity (Wildman–Crippen MR) is 129 cm³/mol. The van der Waals surface area contributed by atoms with Crippen LogP contribution in [0.1, 0.15) is 21.5 Å². The molecule has 9 nitrogen and oxygen atoms in total. The number of Topliss-reactive ketones (excluding diaryl/α,β-unsaturated/α-hetero) is 1. The van der Waals surface area contributed by atoms with Gasteiger partial charge in [-0.3, -0.25) is 4.79 Å². The summed E-state index contributed by atoms with van der Waals surface area (Å²) in [5.74, 6) is 0.792. The van der Waals surface area contributed by atoms with Crippen molar-refractivity contribution >= 4 is 11.8 Å². The molecule has 1 aliphatic rings. The van der Waals surface area contributed by atoms with E-state index in [0.29, 0.717) is 39.9 Å². The topological polar surface area (TPSA) is 98.8 Å². The lowest BCUT2D eigenvalue weighted by atomic mass is 9.68. The standard InChI is InChI=1S/C27H26O9/c1-30-17-13-22(35-6)24-23(14-17)36-26(29)27(25(24)28,15-7-9-18(31-2)20(11-15)33-4)16-8-10-19(32-3)21(12-16)34-5/h7-14H,1-6H3. The first-order valence-corrected chi connectivity index (χ1v) is 10.9. The zero-order valence-electron chi connectivity index (χ0n) is 20.8. The summed E-state index contributed by atoms with van der Waals surface area (Å²) >= 11 is 0. The van der Waals surface area contributed by atoms with Crippen LogP contribution < -0.4 is 33.2 Å². The van der Waals surface area contributed by atoms with E-state index in [1.807, 2.05) is 0 Å². The molecule has 9 heteroatoms. The Labute approximate surface area is 208 Å². The Hall–Kier alpha value is -4.40. The SMILES string of the molecule is COc1cc(OC)c2c(c1)OC(=O)C(c1ccc(OC)c(OC)c1)(c1ccc(OC)c(OC)c1)C2=O. The molecule has 4 rings (SSSR count). The number of ether oxygens (including phenoxy) is 7. The number of carbonyl (C=O) groups excluding carboxylic acids is 2. The minimum absolute atomic E-state index is 0.0396. The first-order chi connectivity index (χ1) is 17.4. The van der Waals surface area contributed by atoms with E-state index >= 15 is 0 Å². The van der Waals surface area contributed by atoms with Gasteiger partial charge in [0.25, 0.3) is 0 Å². The normalized spacial score (nSPS) is 13.8. The van der Waals surface area contributed by atoms with Gasteiger partial charge in [-0.15, -0.1) is 0 Å². The Balaban J connectivity index is 2.08. The summed E-state index contributed by atoms with van der Waals surface area (Å²) < 4.78 is 38.3. The van der Waals surface area contributed by atoms with Gasteiger partial charge >= 0.3 is 5.97 Å². The molecule has 1 heterocycles. The number of carbonyl (C=O) groups is 2. The van der Waals surface area contributed by atoms with Gasteiger partial charge in [0, 0.05) is 12.1 Å². The van der Waals surface area contributed by atoms with Crippen molar-refractivity contribution in [1.82, 2.24) is 0 Å². The molecule has 36 heavy (non-hydrogen) atoms. The van der Waals surface area contributed by atoms with Crippen LogP contribution in [0.25, 0.3) is 0 Å². The van der Waals surface area contributed by atoms with Gasteiger partial charge in [-0.1, -0.05) is 12.1 Å². The van der Waals surface area contributed by atoms with E-state index in [4.69, 9.17) is 33.2 Å². The summed E-state index contributed by atoms with van der Waals surface area (Å²) in [5, 5.41) is 0. The van der Waals surface area contributed by atoms with Crippen LogP contribution in [0.15, 0.2) is 48.5 Å². The van der Waals surface area contributed by atoms with Gasteiger partial charge < -0.3 is 33.2 Å². The van der Waals surface area contributed by atoms with Crippen LogP contribution in [0.2, 0.25) is 0 Å². The monoisotopic (exact) mass is 494 g/mol. The number of ketones is 1. The number of hydrogen-bond acceptors (Lipinski definition) is 9. The summed E-state index contributed by atoms with van der Waals surface area (Å²) in [6.45, 7) is 0. The van der Waals surface area contributed by atoms with Gasteiger partial charge in [0.15, 0.2) is 34.2 Å². The third kappa shape index (κ3) is 3.64. The molecule has 0 aliphatic carbocycles.